The van der Waals surface area contributed by atoms with Crippen molar-refractivity contribution in [1.82, 2.24) is 10.6 Å². The minimum atomic E-state index is -4.45. The van der Waals surface area contributed by atoms with Gasteiger partial charge in [-0.2, -0.15) is 13.2 Å². The van der Waals surface area contributed by atoms with Crippen molar-refractivity contribution in [3.05, 3.63) is 35.4 Å². The van der Waals surface area contributed by atoms with Crippen LogP contribution in [-0.2, 0) is 11.0 Å². The van der Waals surface area contributed by atoms with Gasteiger partial charge in [0.05, 0.1) is 17.6 Å². The molecule has 1 atom stereocenters. The molecular weight excluding hydrogens is 359 g/mol. The molecule has 0 aliphatic heterocycles. The first kappa shape index (κ1) is 21.2. The van der Waals surface area contributed by atoms with E-state index in [0.29, 0.717) is 12.5 Å². The van der Waals surface area contributed by atoms with Crippen molar-refractivity contribution in [1.29, 1.82) is 0 Å². The first-order valence-electron chi connectivity index (χ1n) is 7.62. The fourth-order valence-electron chi connectivity index (χ4n) is 2.48. The van der Waals surface area contributed by atoms with E-state index in [0.717, 1.165) is 37.1 Å². The first-order chi connectivity index (χ1) is 11.2. The maximum Gasteiger partial charge on any atom is 0.416 e. The molecule has 0 heterocycles. The highest BCUT2D eigenvalue weighted by Crippen LogP contribution is 2.38. The second-order valence-corrected chi connectivity index (χ2v) is 6.20. The Morgan fingerprint density at radius 2 is 1.76 bits per heavy atom. The van der Waals surface area contributed by atoms with Gasteiger partial charge in [-0.15, -0.1) is 12.4 Å². The summed E-state index contributed by atoms with van der Waals surface area (Å²) >= 11 is 0. The van der Waals surface area contributed by atoms with E-state index in [4.69, 9.17) is 5.73 Å². The van der Waals surface area contributed by atoms with Gasteiger partial charge in [0.2, 0.25) is 5.91 Å². The molecule has 0 spiro atoms. The van der Waals surface area contributed by atoms with Crippen LogP contribution in [0.5, 0.6) is 0 Å². The molecule has 1 unspecified atom stereocenters. The van der Waals surface area contributed by atoms with E-state index in [2.05, 4.69) is 10.6 Å². The summed E-state index contributed by atoms with van der Waals surface area (Å²) in [5, 5.41) is 5.20. The van der Waals surface area contributed by atoms with E-state index >= 15 is 0 Å². The fraction of sp³-hybridized carbons (Fsp3) is 0.500. The van der Waals surface area contributed by atoms with Gasteiger partial charge in [-0.25, -0.2) is 0 Å². The Labute approximate surface area is 149 Å². The number of amides is 2. The van der Waals surface area contributed by atoms with Gasteiger partial charge in [0.25, 0.3) is 5.91 Å². The lowest BCUT2D eigenvalue weighted by molar-refractivity contribution is -0.137. The molecule has 2 rings (SSSR count). The van der Waals surface area contributed by atoms with Crippen molar-refractivity contribution < 1.29 is 22.8 Å². The normalized spacial score (nSPS) is 16.4. The third-order valence-corrected chi connectivity index (χ3v) is 4.21. The van der Waals surface area contributed by atoms with Crippen LogP contribution in [-0.4, -0.2) is 30.4 Å². The Kier molecular flexibility index (Phi) is 6.84. The molecular formula is C16H21ClF3N3O2. The first-order valence-corrected chi connectivity index (χ1v) is 7.62. The van der Waals surface area contributed by atoms with Gasteiger partial charge in [-0.3, -0.25) is 9.59 Å². The SMILES string of the molecule is CC(CN)(NC(=O)CNC(=O)c1ccc(C(F)(F)F)cc1)C1CC1.Cl. The highest BCUT2D eigenvalue weighted by atomic mass is 35.5. The zero-order valence-electron chi connectivity index (χ0n) is 13.7. The van der Waals surface area contributed by atoms with Gasteiger partial charge in [0.1, 0.15) is 0 Å². The summed E-state index contributed by atoms with van der Waals surface area (Å²) in [6.07, 6.45) is -2.44. The van der Waals surface area contributed by atoms with Gasteiger partial charge in [-0.1, -0.05) is 0 Å². The molecule has 2 amide bonds. The number of halogens is 4. The standard InChI is InChI=1S/C16H20F3N3O2.ClH/c1-15(9-20,11-6-7-11)22-13(23)8-21-14(24)10-2-4-12(5-3-10)16(17,18)19;/h2-5,11H,6-9,20H2,1H3,(H,21,24)(H,22,23);1H. The molecule has 25 heavy (non-hydrogen) atoms. The van der Waals surface area contributed by atoms with Crippen LogP contribution in [0, 0.1) is 5.92 Å². The summed E-state index contributed by atoms with van der Waals surface area (Å²) < 4.78 is 37.4. The summed E-state index contributed by atoms with van der Waals surface area (Å²) in [5.74, 6) is -0.646. The fourth-order valence-corrected chi connectivity index (χ4v) is 2.48. The monoisotopic (exact) mass is 379 g/mol. The third-order valence-electron chi connectivity index (χ3n) is 4.21. The van der Waals surface area contributed by atoms with Crippen LogP contribution >= 0.6 is 12.4 Å². The lowest BCUT2D eigenvalue weighted by Gasteiger charge is -2.29. The Hall–Kier alpha value is -1.80. The number of nitrogens with two attached hydrogens (primary N) is 1. The van der Waals surface area contributed by atoms with Gasteiger partial charge in [-0.05, 0) is 49.9 Å². The molecule has 140 valence electrons. The molecule has 0 saturated heterocycles. The third kappa shape index (κ3) is 5.61. The lowest BCUT2D eigenvalue weighted by atomic mass is 9.96. The van der Waals surface area contributed by atoms with Crippen LogP contribution in [0.1, 0.15) is 35.7 Å². The molecule has 1 aromatic rings. The van der Waals surface area contributed by atoms with Crippen molar-refractivity contribution in [2.24, 2.45) is 11.7 Å². The van der Waals surface area contributed by atoms with Crippen LogP contribution in [0.3, 0.4) is 0 Å². The summed E-state index contributed by atoms with van der Waals surface area (Å²) in [5.41, 5.74) is 4.43. The number of hydrogen-bond donors (Lipinski definition) is 3. The molecule has 5 nitrogen and oxygen atoms in total. The zero-order chi connectivity index (χ0) is 18.0. The largest absolute Gasteiger partial charge is 0.416 e. The molecule has 0 radical (unpaired) electrons. The topological polar surface area (TPSA) is 84.2 Å². The van der Waals surface area contributed by atoms with Crippen molar-refractivity contribution >= 4 is 24.2 Å². The molecule has 1 aliphatic carbocycles. The smallest absolute Gasteiger partial charge is 0.348 e. The average molecular weight is 380 g/mol. The maximum atomic E-state index is 12.5. The van der Waals surface area contributed by atoms with Gasteiger partial charge in [0, 0.05) is 12.1 Å². The van der Waals surface area contributed by atoms with E-state index in [1.54, 1.807) is 0 Å². The van der Waals surface area contributed by atoms with Crippen LogP contribution in [0.15, 0.2) is 24.3 Å². The number of carbonyl (C=O) groups is 2. The Bertz CT molecular complexity index is 618. The minimum Gasteiger partial charge on any atom is -0.348 e. The summed E-state index contributed by atoms with van der Waals surface area (Å²) in [4.78, 5) is 23.8. The molecule has 9 heteroatoms. The second kappa shape index (κ2) is 8.05. The van der Waals surface area contributed by atoms with E-state index in [1.807, 2.05) is 6.92 Å². The average Bonchev–Trinajstić information content (AvgIpc) is 3.37. The molecule has 1 aliphatic rings. The van der Waals surface area contributed by atoms with Crippen LogP contribution in [0.4, 0.5) is 13.2 Å². The van der Waals surface area contributed by atoms with Gasteiger partial charge in [0.15, 0.2) is 0 Å². The second-order valence-electron chi connectivity index (χ2n) is 6.20. The van der Waals surface area contributed by atoms with Crippen LogP contribution < -0.4 is 16.4 Å². The number of nitrogens with one attached hydrogen (secondary N) is 2. The quantitative estimate of drug-likeness (QED) is 0.707. The number of alkyl halides is 3. The summed E-state index contributed by atoms with van der Waals surface area (Å²) in [7, 11) is 0. The summed E-state index contributed by atoms with van der Waals surface area (Å²) in [6.45, 7) is 1.90. The van der Waals surface area contributed by atoms with Gasteiger partial charge >= 0.3 is 6.18 Å². The number of rotatable bonds is 6. The minimum absolute atomic E-state index is 0. The maximum absolute atomic E-state index is 12.5. The van der Waals surface area contributed by atoms with Crippen LogP contribution in [0.25, 0.3) is 0 Å². The molecule has 1 aromatic carbocycles. The predicted molar refractivity (Wildman–Crippen MR) is 89.4 cm³/mol. The van der Waals surface area contributed by atoms with Crippen molar-refractivity contribution in [3.63, 3.8) is 0 Å². The number of benzene rings is 1. The highest BCUT2D eigenvalue weighted by molar-refractivity contribution is 5.96. The molecule has 4 N–H and O–H groups in total. The number of hydrogen-bond acceptors (Lipinski definition) is 3. The Morgan fingerprint density at radius 3 is 2.20 bits per heavy atom. The van der Waals surface area contributed by atoms with Crippen molar-refractivity contribution in [2.45, 2.75) is 31.5 Å². The Balaban J connectivity index is 0.00000312. The number of carbonyl (C=O) groups excluding carboxylic acids is 2. The predicted octanol–water partition coefficient (Wildman–Crippen LogP) is 2.10. The van der Waals surface area contributed by atoms with Crippen LogP contribution in [0.2, 0.25) is 0 Å². The molecule has 1 fully saturated rings. The van der Waals surface area contributed by atoms with Crippen molar-refractivity contribution in [3.8, 4) is 0 Å². The van der Waals surface area contributed by atoms with Gasteiger partial charge < -0.3 is 16.4 Å². The van der Waals surface area contributed by atoms with E-state index < -0.39 is 23.2 Å². The highest BCUT2D eigenvalue weighted by Gasteiger charge is 2.41. The van der Waals surface area contributed by atoms with E-state index in [-0.39, 0.29) is 30.4 Å². The molecule has 1 saturated carbocycles. The summed E-state index contributed by atoms with van der Waals surface area (Å²) in [6, 6.07) is 3.80. The van der Waals surface area contributed by atoms with Crippen molar-refractivity contribution in [2.75, 3.05) is 13.1 Å². The van der Waals surface area contributed by atoms with E-state index in [9.17, 15) is 22.8 Å². The molecule has 0 aromatic heterocycles. The zero-order valence-corrected chi connectivity index (χ0v) is 14.5. The molecule has 0 bridgehead atoms. The lowest BCUT2D eigenvalue weighted by Crippen LogP contribution is -2.55. The Morgan fingerprint density at radius 1 is 1.20 bits per heavy atom. The van der Waals surface area contributed by atoms with E-state index in [1.165, 1.54) is 0 Å².